The van der Waals surface area contributed by atoms with Gasteiger partial charge in [-0.05, 0) is 48.2 Å². The summed E-state index contributed by atoms with van der Waals surface area (Å²) in [7, 11) is 3.17. The van der Waals surface area contributed by atoms with Crippen LogP contribution in [0.1, 0.15) is 22.7 Å². The number of methoxy groups -OCH3 is 2. The molecule has 3 aliphatic rings. The standard InChI is InChI=1S/C19H19NO5.ClH/c1-22-18-10-3-4-20-12-5-9-6-13-14(25-8-24-13)7-11(9)16(15(10)12)17(21)19(18)23-2;/h6-7,12,20-21H,3-5,8H2,1-2H3;1H/t12-;/m0./s1. The monoisotopic (exact) mass is 377 g/mol. The molecule has 0 unspecified atom stereocenters. The average Bonchev–Trinajstić information content (AvgIpc) is 3.08. The Morgan fingerprint density at radius 2 is 1.85 bits per heavy atom. The minimum Gasteiger partial charge on any atom is -0.504 e. The fourth-order valence-corrected chi connectivity index (χ4v) is 4.32. The molecule has 138 valence electrons. The quantitative estimate of drug-likeness (QED) is 0.838. The first-order valence-corrected chi connectivity index (χ1v) is 8.38. The third kappa shape index (κ3) is 2.15. The van der Waals surface area contributed by atoms with Gasteiger partial charge in [0.25, 0.3) is 0 Å². The summed E-state index contributed by atoms with van der Waals surface area (Å²) in [5.74, 6) is 2.62. The second-order valence-corrected chi connectivity index (χ2v) is 6.51. The number of hydrogen-bond donors (Lipinski definition) is 2. The van der Waals surface area contributed by atoms with Crippen LogP contribution in [-0.2, 0) is 12.8 Å². The number of phenols is 1. The van der Waals surface area contributed by atoms with Gasteiger partial charge in [-0.2, -0.15) is 0 Å². The number of fused-ring (bicyclic) bond motifs is 3. The molecule has 1 atom stereocenters. The van der Waals surface area contributed by atoms with Crippen LogP contribution in [0.4, 0.5) is 0 Å². The van der Waals surface area contributed by atoms with E-state index in [0.717, 1.165) is 53.0 Å². The number of halogens is 1. The van der Waals surface area contributed by atoms with Crippen LogP contribution in [0.2, 0.25) is 0 Å². The third-order valence-corrected chi connectivity index (χ3v) is 5.34. The van der Waals surface area contributed by atoms with Crippen LogP contribution in [0.25, 0.3) is 11.1 Å². The van der Waals surface area contributed by atoms with Gasteiger partial charge < -0.3 is 29.4 Å². The van der Waals surface area contributed by atoms with Crippen molar-refractivity contribution in [1.82, 2.24) is 5.32 Å². The number of phenolic OH excluding ortho intramolecular Hbond substituents is 1. The summed E-state index contributed by atoms with van der Waals surface area (Å²) in [6, 6.07) is 4.12. The van der Waals surface area contributed by atoms with Crippen molar-refractivity contribution in [3.8, 4) is 39.9 Å². The molecule has 0 radical (unpaired) electrons. The van der Waals surface area contributed by atoms with E-state index in [2.05, 4.69) is 5.32 Å². The highest BCUT2D eigenvalue weighted by Crippen LogP contribution is 2.56. The number of hydrogen-bond acceptors (Lipinski definition) is 6. The van der Waals surface area contributed by atoms with E-state index in [9.17, 15) is 5.11 Å². The first-order chi connectivity index (χ1) is 12.2. The first kappa shape index (κ1) is 17.1. The van der Waals surface area contributed by atoms with Gasteiger partial charge in [-0.25, -0.2) is 0 Å². The molecule has 7 heteroatoms. The average molecular weight is 378 g/mol. The van der Waals surface area contributed by atoms with Crippen molar-refractivity contribution < 1.29 is 24.1 Å². The third-order valence-electron chi connectivity index (χ3n) is 5.34. The Morgan fingerprint density at radius 3 is 2.58 bits per heavy atom. The van der Waals surface area contributed by atoms with E-state index in [1.165, 1.54) is 0 Å². The van der Waals surface area contributed by atoms with Gasteiger partial charge in [0.05, 0.1) is 14.2 Å². The first-order valence-electron chi connectivity index (χ1n) is 8.38. The van der Waals surface area contributed by atoms with E-state index >= 15 is 0 Å². The van der Waals surface area contributed by atoms with Gasteiger partial charge in [0.2, 0.25) is 12.5 Å². The number of ether oxygens (including phenoxy) is 4. The SMILES string of the molecule is COc1c(O)c2c3c(c1OC)CCN[C@H]3Cc1cc3c(cc1-2)OCO3.Cl. The lowest BCUT2D eigenvalue weighted by Crippen LogP contribution is -2.34. The molecule has 0 bridgehead atoms. The van der Waals surface area contributed by atoms with Crippen LogP contribution in [0, 0.1) is 0 Å². The molecule has 6 nitrogen and oxygen atoms in total. The number of rotatable bonds is 2. The van der Waals surface area contributed by atoms with E-state index in [1.807, 2.05) is 12.1 Å². The van der Waals surface area contributed by atoms with Crippen molar-refractivity contribution in [2.75, 3.05) is 27.6 Å². The van der Waals surface area contributed by atoms with Crippen LogP contribution < -0.4 is 24.3 Å². The molecule has 0 saturated carbocycles. The molecule has 2 aromatic carbocycles. The molecule has 0 fully saturated rings. The topological polar surface area (TPSA) is 69.2 Å². The lowest BCUT2D eigenvalue weighted by atomic mass is 9.76. The van der Waals surface area contributed by atoms with Crippen molar-refractivity contribution in [2.45, 2.75) is 18.9 Å². The molecule has 2 aromatic rings. The summed E-state index contributed by atoms with van der Waals surface area (Å²) in [4.78, 5) is 0. The smallest absolute Gasteiger partial charge is 0.231 e. The van der Waals surface area contributed by atoms with E-state index in [-0.39, 0.29) is 31.0 Å². The Bertz CT molecular complexity index is 898. The molecule has 0 amide bonds. The molecule has 0 aromatic heterocycles. The predicted molar refractivity (Wildman–Crippen MR) is 98.2 cm³/mol. The van der Waals surface area contributed by atoms with E-state index in [0.29, 0.717) is 17.2 Å². The van der Waals surface area contributed by atoms with Crippen molar-refractivity contribution in [2.24, 2.45) is 0 Å². The molecule has 2 heterocycles. The van der Waals surface area contributed by atoms with Crippen LogP contribution >= 0.6 is 12.4 Å². The maximum Gasteiger partial charge on any atom is 0.231 e. The van der Waals surface area contributed by atoms with Crippen LogP contribution in [0.15, 0.2) is 12.1 Å². The van der Waals surface area contributed by atoms with Crippen molar-refractivity contribution in [3.05, 3.63) is 28.8 Å². The lowest BCUT2D eigenvalue weighted by Gasteiger charge is -2.36. The highest BCUT2D eigenvalue weighted by Gasteiger charge is 2.37. The molecule has 2 aliphatic heterocycles. The van der Waals surface area contributed by atoms with Gasteiger partial charge in [0, 0.05) is 17.2 Å². The Hall–Kier alpha value is -2.31. The summed E-state index contributed by atoms with van der Waals surface area (Å²) in [5, 5.41) is 14.6. The van der Waals surface area contributed by atoms with Crippen molar-refractivity contribution >= 4 is 12.4 Å². The van der Waals surface area contributed by atoms with Crippen molar-refractivity contribution in [1.29, 1.82) is 0 Å². The molecule has 1 aliphatic carbocycles. The minimum absolute atomic E-state index is 0. The van der Waals surface area contributed by atoms with E-state index in [1.54, 1.807) is 14.2 Å². The maximum atomic E-state index is 11.0. The molecule has 0 saturated heterocycles. The van der Waals surface area contributed by atoms with Gasteiger partial charge in [-0.1, -0.05) is 0 Å². The molecule has 26 heavy (non-hydrogen) atoms. The van der Waals surface area contributed by atoms with Crippen LogP contribution in [0.5, 0.6) is 28.7 Å². The highest BCUT2D eigenvalue weighted by molar-refractivity contribution is 5.87. The van der Waals surface area contributed by atoms with Gasteiger partial charge in [-0.3, -0.25) is 0 Å². The number of aromatic hydroxyl groups is 1. The Morgan fingerprint density at radius 1 is 1.12 bits per heavy atom. The largest absolute Gasteiger partial charge is 0.504 e. The van der Waals surface area contributed by atoms with Gasteiger partial charge >= 0.3 is 0 Å². The Balaban J connectivity index is 0.00000168. The van der Waals surface area contributed by atoms with Gasteiger partial charge in [0.1, 0.15) is 0 Å². The zero-order valence-electron chi connectivity index (χ0n) is 14.5. The molecule has 2 N–H and O–H groups in total. The fraction of sp³-hybridized carbons (Fsp3) is 0.368. The minimum atomic E-state index is 0. The summed E-state index contributed by atoms with van der Waals surface area (Å²) < 4.78 is 22.1. The summed E-state index contributed by atoms with van der Waals surface area (Å²) in [5.41, 5.74) is 5.12. The maximum absolute atomic E-state index is 11.0. The molecular formula is C19H20ClNO5. The predicted octanol–water partition coefficient (Wildman–Crippen LogP) is 2.97. The molecule has 5 rings (SSSR count). The zero-order chi connectivity index (χ0) is 17.1. The van der Waals surface area contributed by atoms with Crippen LogP contribution in [-0.4, -0.2) is 32.7 Å². The Kier molecular flexibility index (Phi) is 4.04. The van der Waals surface area contributed by atoms with E-state index in [4.69, 9.17) is 18.9 Å². The van der Waals surface area contributed by atoms with Crippen molar-refractivity contribution in [3.63, 3.8) is 0 Å². The number of benzene rings is 2. The van der Waals surface area contributed by atoms with Crippen LogP contribution in [0.3, 0.4) is 0 Å². The fourth-order valence-electron chi connectivity index (χ4n) is 4.32. The normalized spacial score (nSPS) is 18.5. The molecule has 0 spiro atoms. The summed E-state index contributed by atoms with van der Waals surface area (Å²) >= 11 is 0. The Labute approximate surface area is 157 Å². The van der Waals surface area contributed by atoms with E-state index < -0.39 is 0 Å². The number of nitrogens with one attached hydrogen (secondary N) is 1. The zero-order valence-corrected chi connectivity index (χ0v) is 15.4. The lowest BCUT2D eigenvalue weighted by molar-refractivity contribution is 0.174. The second-order valence-electron chi connectivity index (χ2n) is 6.51. The summed E-state index contributed by atoms with van der Waals surface area (Å²) in [6.07, 6.45) is 1.67. The second kappa shape index (κ2) is 6.14. The highest BCUT2D eigenvalue weighted by atomic mass is 35.5. The molecular weight excluding hydrogens is 358 g/mol. The van der Waals surface area contributed by atoms with Gasteiger partial charge in [-0.15, -0.1) is 12.4 Å². The van der Waals surface area contributed by atoms with Gasteiger partial charge in [0.15, 0.2) is 23.0 Å². The summed E-state index contributed by atoms with van der Waals surface area (Å²) in [6.45, 7) is 1.09.